The summed E-state index contributed by atoms with van der Waals surface area (Å²) in [6.45, 7) is 0. The largest absolute Gasteiger partial charge is 0.331 e. The zero-order valence-corrected chi connectivity index (χ0v) is 13.1. The van der Waals surface area contributed by atoms with Gasteiger partial charge in [-0.2, -0.15) is 5.10 Å². The van der Waals surface area contributed by atoms with Gasteiger partial charge in [-0.05, 0) is 36.5 Å². The van der Waals surface area contributed by atoms with E-state index in [0.29, 0.717) is 15.8 Å². The fourth-order valence-electron chi connectivity index (χ4n) is 1.55. The standard InChI is InChI=1S/C13H14ClN5OS/c1-18(11-7-12(20)19(2)15-8-11)17-13(21)16-10-5-3-9(14)4-6-10/h3-8H,1-2H3,(H2,16,17,21). The van der Waals surface area contributed by atoms with Gasteiger partial charge in [-0.1, -0.05) is 11.6 Å². The molecule has 21 heavy (non-hydrogen) atoms. The lowest BCUT2D eigenvalue weighted by molar-refractivity contribution is 0.701. The van der Waals surface area contributed by atoms with Gasteiger partial charge in [0.15, 0.2) is 5.11 Å². The summed E-state index contributed by atoms with van der Waals surface area (Å²) in [6, 6.07) is 8.62. The molecule has 0 unspecified atom stereocenters. The molecule has 1 aromatic heterocycles. The second-order valence-electron chi connectivity index (χ2n) is 4.31. The molecule has 0 aliphatic rings. The molecule has 2 aromatic rings. The summed E-state index contributed by atoms with van der Waals surface area (Å²) >= 11 is 11.0. The number of hydrogen-bond acceptors (Lipinski definition) is 4. The van der Waals surface area contributed by atoms with Crippen molar-refractivity contribution in [3.05, 3.63) is 51.9 Å². The number of anilines is 2. The van der Waals surface area contributed by atoms with E-state index in [1.54, 1.807) is 37.4 Å². The van der Waals surface area contributed by atoms with Gasteiger partial charge in [0.2, 0.25) is 0 Å². The maximum atomic E-state index is 11.5. The van der Waals surface area contributed by atoms with E-state index in [9.17, 15) is 4.79 Å². The molecule has 0 atom stereocenters. The van der Waals surface area contributed by atoms with Gasteiger partial charge < -0.3 is 5.32 Å². The molecule has 0 spiro atoms. The van der Waals surface area contributed by atoms with E-state index in [-0.39, 0.29) is 5.56 Å². The minimum Gasteiger partial charge on any atom is -0.331 e. The fourth-order valence-corrected chi connectivity index (χ4v) is 1.93. The number of nitrogens with zero attached hydrogens (tertiary/aromatic N) is 3. The number of hydrogen-bond donors (Lipinski definition) is 2. The van der Waals surface area contributed by atoms with Crippen molar-refractivity contribution >= 4 is 40.3 Å². The van der Waals surface area contributed by atoms with Gasteiger partial charge in [0, 0.05) is 30.9 Å². The van der Waals surface area contributed by atoms with E-state index in [4.69, 9.17) is 23.8 Å². The first-order chi connectivity index (χ1) is 9.95. The number of thiocarbonyl (C=S) groups is 1. The molecular weight excluding hydrogens is 310 g/mol. The summed E-state index contributed by atoms with van der Waals surface area (Å²) in [5.74, 6) is 0. The first kappa shape index (κ1) is 15.3. The Kier molecular flexibility index (Phi) is 4.77. The highest BCUT2D eigenvalue weighted by Crippen LogP contribution is 2.13. The van der Waals surface area contributed by atoms with Crippen LogP contribution in [0.25, 0.3) is 0 Å². The number of aryl methyl sites for hydroxylation is 1. The highest BCUT2D eigenvalue weighted by molar-refractivity contribution is 7.80. The summed E-state index contributed by atoms with van der Waals surface area (Å²) in [7, 11) is 3.33. The zero-order chi connectivity index (χ0) is 15.4. The van der Waals surface area contributed by atoms with E-state index in [0.717, 1.165) is 5.69 Å². The molecule has 1 heterocycles. The zero-order valence-electron chi connectivity index (χ0n) is 11.5. The summed E-state index contributed by atoms with van der Waals surface area (Å²) in [5, 5.41) is 9.61. The molecule has 2 rings (SSSR count). The lowest BCUT2D eigenvalue weighted by atomic mass is 10.3. The van der Waals surface area contributed by atoms with Crippen molar-refractivity contribution < 1.29 is 0 Å². The van der Waals surface area contributed by atoms with E-state index in [2.05, 4.69) is 15.8 Å². The second-order valence-corrected chi connectivity index (χ2v) is 5.15. The van der Waals surface area contributed by atoms with Gasteiger partial charge in [-0.25, -0.2) is 4.68 Å². The number of benzene rings is 1. The van der Waals surface area contributed by atoms with Crippen LogP contribution in [0, 0.1) is 0 Å². The maximum Gasteiger partial charge on any atom is 0.268 e. The lowest BCUT2D eigenvalue weighted by Gasteiger charge is -2.22. The molecule has 2 N–H and O–H groups in total. The summed E-state index contributed by atoms with van der Waals surface area (Å²) in [5.41, 5.74) is 4.16. The SMILES string of the molecule is CN(NC(=S)Nc1ccc(Cl)cc1)c1cnn(C)c(=O)c1. The normalized spacial score (nSPS) is 10.0. The third-order valence-electron chi connectivity index (χ3n) is 2.71. The Balaban J connectivity index is 2.00. The van der Waals surface area contributed by atoms with Crippen molar-refractivity contribution in [3.8, 4) is 0 Å². The van der Waals surface area contributed by atoms with Gasteiger partial charge in [0.1, 0.15) is 0 Å². The van der Waals surface area contributed by atoms with Crippen molar-refractivity contribution in [2.75, 3.05) is 17.4 Å². The second kappa shape index (κ2) is 6.55. The minimum absolute atomic E-state index is 0.197. The Morgan fingerprint density at radius 3 is 2.67 bits per heavy atom. The molecule has 0 fully saturated rings. The van der Waals surface area contributed by atoms with Crippen molar-refractivity contribution in [2.24, 2.45) is 7.05 Å². The van der Waals surface area contributed by atoms with Crippen LogP contribution in [0.4, 0.5) is 11.4 Å². The molecule has 8 heteroatoms. The molecule has 0 bridgehead atoms. The summed E-state index contributed by atoms with van der Waals surface area (Å²) in [4.78, 5) is 11.5. The maximum absolute atomic E-state index is 11.5. The third kappa shape index (κ3) is 4.17. The molecule has 1 aromatic carbocycles. The number of halogens is 1. The quantitative estimate of drug-likeness (QED) is 0.663. The highest BCUT2D eigenvalue weighted by Gasteiger charge is 2.05. The predicted molar refractivity (Wildman–Crippen MR) is 88.7 cm³/mol. The van der Waals surface area contributed by atoms with Crippen LogP contribution >= 0.6 is 23.8 Å². The van der Waals surface area contributed by atoms with Crippen molar-refractivity contribution in [2.45, 2.75) is 0 Å². The van der Waals surface area contributed by atoms with Gasteiger partial charge in [-0.15, -0.1) is 0 Å². The first-order valence-corrected chi connectivity index (χ1v) is 6.84. The first-order valence-electron chi connectivity index (χ1n) is 6.06. The Morgan fingerprint density at radius 1 is 1.38 bits per heavy atom. The fraction of sp³-hybridized carbons (Fsp3) is 0.154. The van der Waals surface area contributed by atoms with Crippen molar-refractivity contribution in [3.63, 3.8) is 0 Å². The predicted octanol–water partition coefficient (Wildman–Crippen LogP) is 1.77. The van der Waals surface area contributed by atoms with Crippen LogP contribution in [-0.2, 0) is 7.05 Å². The number of rotatable bonds is 3. The van der Waals surface area contributed by atoms with E-state index < -0.39 is 0 Å². The summed E-state index contributed by atoms with van der Waals surface area (Å²) in [6.07, 6.45) is 1.57. The number of aromatic nitrogens is 2. The summed E-state index contributed by atoms with van der Waals surface area (Å²) < 4.78 is 1.25. The van der Waals surface area contributed by atoms with E-state index in [1.807, 2.05) is 12.1 Å². The van der Waals surface area contributed by atoms with Gasteiger partial charge >= 0.3 is 0 Å². The Morgan fingerprint density at radius 2 is 2.05 bits per heavy atom. The van der Waals surface area contributed by atoms with Crippen LogP contribution in [0.15, 0.2) is 41.3 Å². The van der Waals surface area contributed by atoms with Crippen LogP contribution in [0.2, 0.25) is 5.02 Å². The Hall–Kier alpha value is -2.12. The third-order valence-corrected chi connectivity index (χ3v) is 3.16. The topological polar surface area (TPSA) is 62.2 Å². The molecule has 0 saturated heterocycles. The van der Waals surface area contributed by atoms with Crippen LogP contribution in [0.3, 0.4) is 0 Å². The van der Waals surface area contributed by atoms with E-state index >= 15 is 0 Å². The average molecular weight is 324 g/mol. The van der Waals surface area contributed by atoms with Gasteiger partial charge in [-0.3, -0.25) is 15.2 Å². The number of hydrazine groups is 1. The lowest BCUT2D eigenvalue weighted by Crippen LogP contribution is -2.42. The van der Waals surface area contributed by atoms with Crippen LogP contribution in [-0.4, -0.2) is 21.9 Å². The Bertz CT molecular complexity index is 700. The van der Waals surface area contributed by atoms with E-state index in [1.165, 1.54) is 10.7 Å². The molecule has 0 radical (unpaired) electrons. The molecule has 0 saturated carbocycles. The molecule has 0 aliphatic heterocycles. The van der Waals surface area contributed by atoms with Gasteiger partial charge in [0.25, 0.3) is 5.56 Å². The van der Waals surface area contributed by atoms with Crippen LogP contribution < -0.4 is 21.3 Å². The minimum atomic E-state index is -0.197. The number of nitrogens with one attached hydrogen (secondary N) is 2. The molecule has 110 valence electrons. The smallest absolute Gasteiger partial charge is 0.268 e. The Labute approximate surface area is 132 Å². The monoisotopic (exact) mass is 323 g/mol. The van der Waals surface area contributed by atoms with Crippen LogP contribution in [0.1, 0.15) is 0 Å². The van der Waals surface area contributed by atoms with Gasteiger partial charge in [0.05, 0.1) is 11.9 Å². The molecule has 0 aliphatic carbocycles. The highest BCUT2D eigenvalue weighted by atomic mass is 35.5. The molecular formula is C13H14ClN5OS. The van der Waals surface area contributed by atoms with Crippen molar-refractivity contribution in [1.29, 1.82) is 0 Å². The molecule has 6 nitrogen and oxygen atoms in total. The van der Waals surface area contributed by atoms with Crippen molar-refractivity contribution in [1.82, 2.24) is 15.2 Å². The van der Waals surface area contributed by atoms with Crippen LogP contribution in [0.5, 0.6) is 0 Å². The molecule has 0 amide bonds. The average Bonchev–Trinajstić information content (AvgIpc) is 2.44.